The largest absolute Gasteiger partial charge is 0.507 e. The third kappa shape index (κ3) is 2.92. The van der Waals surface area contributed by atoms with Gasteiger partial charge < -0.3 is 24.1 Å². The van der Waals surface area contributed by atoms with Crippen molar-refractivity contribution >= 4 is 16.9 Å². The van der Waals surface area contributed by atoms with Gasteiger partial charge in [0.25, 0.3) is 0 Å². The number of piperazine rings is 1. The average molecular weight is 320 g/mol. The van der Waals surface area contributed by atoms with Gasteiger partial charge in [0.1, 0.15) is 55.4 Å². The first-order valence-electron chi connectivity index (χ1n) is 7.98. The number of fused-ring (bicyclic) bond motifs is 1. The molecule has 1 aromatic carbocycles. The average Bonchev–Trinajstić information content (AvgIpc) is 2.88. The molecule has 6 nitrogen and oxygen atoms in total. The van der Waals surface area contributed by atoms with Crippen molar-refractivity contribution in [3.63, 3.8) is 0 Å². The smallest absolute Gasteiger partial charge is 0.342 e. The van der Waals surface area contributed by atoms with E-state index in [9.17, 15) is 9.90 Å². The minimum atomic E-state index is -0.425. The van der Waals surface area contributed by atoms with Crippen molar-refractivity contribution in [3.05, 3.63) is 29.0 Å². The van der Waals surface area contributed by atoms with Gasteiger partial charge in [-0.15, -0.1) is 0 Å². The maximum absolute atomic E-state index is 12.1. The summed E-state index contributed by atoms with van der Waals surface area (Å²) in [5.74, 6) is 0.310. The van der Waals surface area contributed by atoms with E-state index in [2.05, 4.69) is 7.05 Å². The summed E-state index contributed by atoms with van der Waals surface area (Å²) in [4.78, 5) is 15.1. The van der Waals surface area contributed by atoms with Gasteiger partial charge in [-0.25, -0.2) is 4.79 Å². The summed E-state index contributed by atoms with van der Waals surface area (Å²) in [6.07, 6.45) is 0. The molecular weight excluding hydrogens is 296 g/mol. The van der Waals surface area contributed by atoms with Crippen molar-refractivity contribution < 1.29 is 28.9 Å². The first-order chi connectivity index (χ1) is 11.0. The highest BCUT2D eigenvalue weighted by Crippen LogP contribution is 2.33. The van der Waals surface area contributed by atoms with Crippen molar-refractivity contribution in [2.45, 2.75) is 13.5 Å². The van der Waals surface area contributed by atoms with E-state index in [1.807, 2.05) is 0 Å². The number of hydrogen-bond acceptors (Lipinski definition) is 4. The van der Waals surface area contributed by atoms with E-state index in [0.29, 0.717) is 28.8 Å². The molecule has 0 spiro atoms. The summed E-state index contributed by atoms with van der Waals surface area (Å²) in [6, 6.07) is 3.35. The highest BCUT2D eigenvalue weighted by atomic mass is 16.5. The number of esters is 1. The van der Waals surface area contributed by atoms with E-state index in [-0.39, 0.29) is 5.75 Å². The molecular formula is C17H24N2O4+2. The molecule has 2 heterocycles. The number of quaternary nitrogens is 2. The van der Waals surface area contributed by atoms with Crippen LogP contribution >= 0.6 is 0 Å². The summed E-state index contributed by atoms with van der Waals surface area (Å²) in [5.41, 5.74) is 1.82. The quantitative estimate of drug-likeness (QED) is 0.644. The third-order valence-corrected chi connectivity index (χ3v) is 4.74. The van der Waals surface area contributed by atoms with Gasteiger partial charge in [-0.3, -0.25) is 0 Å². The summed E-state index contributed by atoms with van der Waals surface area (Å²) in [7, 11) is 3.56. The first kappa shape index (κ1) is 15.8. The predicted octanol–water partition coefficient (Wildman–Crippen LogP) is -0.853. The fourth-order valence-electron chi connectivity index (χ4n) is 3.35. The van der Waals surface area contributed by atoms with E-state index in [4.69, 9.17) is 9.15 Å². The van der Waals surface area contributed by atoms with Gasteiger partial charge in [0.2, 0.25) is 0 Å². The lowest BCUT2D eigenvalue weighted by Crippen LogP contribution is -3.26. The first-order valence-corrected chi connectivity index (χ1v) is 7.98. The van der Waals surface area contributed by atoms with Crippen LogP contribution < -0.4 is 9.80 Å². The van der Waals surface area contributed by atoms with Crippen LogP contribution in [-0.4, -0.2) is 51.4 Å². The lowest BCUT2D eigenvalue weighted by Gasteiger charge is -2.27. The van der Waals surface area contributed by atoms with E-state index < -0.39 is 5.97 Å². The summed E-state index contributed by atoms with van der Waals surface area (Å²) in [5, 5.41) is 11.1. The van der Waals surface area contributed by atoms with Crippen LogP contribution in [0.3, 0.4) is 0 Å². The number of carbonyl (C=O) groups is 1. The third-order valence-electron chi connectivity index (χ3n) is 4.74. The number of likely N-dealkylation sites (N-methyl/N-ethyl adjacent to an activating group) is 1. The molecule has 0 aliphatic carbocycles. The summed E-state index contributed by atoms with van der Waals surface area (Å²) < 4.78 is 10.6. The van der Waals surface area contributed by atoms with E-state index in [1.54, 1.807) is 19.1 Å². The number of nitrogens with one attached hydrogen (secondary N) is 2. The fraction of sp³-hybridized carbons (Fsp3) is 0.471. The Kier molecular flexibility index (Phi) is 4.28. The molecule has 3 rings (SSSR count). The van der Waals surface area contributed by atoms with Crippen molar-refractivity contribution in [3.8, 4) is 5.75 Å². The van der Waals surface area contributed by atoms with Crippen LogP contribution in [0.2, 0.25) is 0 Å². The van der Waals surface area contributed by atoms with Crippen LogP contribution in [0.15, 0.2) is 16.5 Å². The second kappa shape index (κ2) is 6.22. The second-order valence-corrected chi connectivity index (χ2v) is 6.35. The van der Waals surface area contributed by atoms with Crippen molar-refractivity contribution in [1.82, 2.24) is 0 Å². The molecule has 6 heteroatoms. The van der Waals surface area contributed by atoms with Gasteiger partial charge in [-0.1, -0.05) is 0 Å². The van der Waals surface area contributed by atoms with Crippen molar-refractivity contribution in [2.75, 3.05) is 40.3 Å². The van der Waals surface area contributed by atoms with E-state index in [1.165, 1.54) is 16.9 Å². The number of hydrogen-bond donors (Lipinski definition) is 3. The number of furan rings is 1. The Morgan fingerprint density at radius 1 is 1.30 bits per heavy atom. The van der Waals surface area contributed by atoms with Gasteiger partial charge in [-0.05, 0) is 19.1 Å². The number of carbonyl (C=O) groups excluding carboxylic acids is 1. The number of benzene rings is 1. The molecule has 1 aromatic heterocycles. The zero-order chi connectivity index (χ0) is 16.6. The summed E-state index contributed by atoms with van der Waals surface area (Å²) in [6.45, 7) is 6.75. The van der Waals surface area contributed by atoms with Crippen LogP contribution in [0.4, 0.5) is 0 Å². The topological polar surface area (TPSA) is 68.5 Å². The summed E-state index contributed by atoms with van der Waals surface area (Å²) >= 11 is 0. The highest BCUT2D eigenvalue weighted by Gasteiger charge is 2.27. The molecule has 0 unspecified atom stereocenters. The molecule has 124 valence electrons. The lowest BCUT2D eigenvalue weighted by molar-refractivity contribution is -1.01. The standard InChI is InChI=1S/C17H22N2O4/c1-11-15(17(21)22-3)16-12(13(20)4-5-14(16)23-11)10-19-8-6-18(2)7-9-19/h4-5,20H,6-10H2,1-3H3/p+2. The SMILES string of the molecule is COC(=O)c1c(C)oc2ccc(O)c(C[NH+]3CC[NH+](C)CC3)c12. The molecule has 0 amide bonds. The molecule has 0 bridgehead atoms. The minimum Gasteiger partial charge on any atom is -0.507 e. The second-order valence-electron chi connectivity index (χ2n) is 6.35. The number of rotatable bonds is 3. The molecule has 23 heavy (non-hydrogen) atoms. The van der Waals surface area contributed by atoms with Gasteiger partial charge in [0.05, 0.1) is 19.7 Å². The lowest BCUT2D eigenvalue weighted by atomic mass is 10.0. The Hall–Kier alpha value is -2.05. The number of phenolic OH excluding ortho intramolecular Hbond substituents is 1. The number of aromatic hydroxyl groups is 1. The molecule has 0 atom stereocenters. The minimum absolute atomic E-state index is 0.210. The number of aryl methyl sites for hydroxylation is 1. The Morgan fingerprint density at radius 2 is 2.00 bits per heavy atom. The maximum Gasteiger partial charge on any atom is 0.342 e. The van der Waals surface area contributed by atoms with E-state index in [0.717, 1.165) is 31.7 Å². The van der Waals surface area contributed by atoms with Gasteiger partial charge >= 0.3 is 5.97 Å². The van der Waals surface area contributed by atoms with Crippen LogP contribution in [0.5, 0.6) is 5.75 Å². The fourth-order valence-corrected chi connectivity index (χ4v) is 3.35. The number of methoxy groups -OCH3 is 1. The highest BCUT2D eigenvalue weighted by molar-refractivity contribution is 6.06. The normalized spacial score (nSPS) is 21.5. The molecule has 1 aliphatic heterocycles. The Balaban J connectivity index is 2.04. The zero-order valence-electron chi connectivity index (χ0n) is 13.9. The molecule has 0 radical (unpaired) electrons. The zero-order valence-corrected chi connectivity index (χ0v) is 13.9. The van der Waals surface area contributed by atoms with E-state index >= 15 is 0 Å². The number of phenols is 1. The van der Waals surface area contributed by atoms with Crippen molar-refractivity contribution in [1.29, 1.82) is 0 Å². The molecule has 2 aromatic rings. The maximum atomic E-state index is 12.1. The van der Waals surface area contributed by atoms with Gasteiger partial charge in [0, 0.05) is 5.39 Å². The van der Waals surface area contributed by atoms with Crippen molar-refractivity contribution in [2.24, 2.45) is 0 Å². The Labute approximate surface area is 135 Å². The van der Waals surface area contributed by atoms with Gasteiger partial charge in [0.15, 0.2) is 0 Å². The molecule has 1 aliphatic rings. The van der Waals surface area contributed by atoms with Crippen LogP contribution in [0.1, 0.15) is 21.7 Å². The predicted molar refractivity (Wildman–Crippen MR) is 85.0 cm³/mol. The van der Waals surface area contributed by atoms with Crippen LogP contribution in [-0.2, 0) is 11.3 Å². The van der Waals surface area contributed by atoms with Crippen LogP contribution in [0, 0.1) is 6.92 Å². The monoisotopic (exact) mass is 320 g/mol. The molecule has 1 saturated heterocycles. The van der Waals surface area contributed by atoms with Gasteiger partial charge in [-0.2, -0.15) is 0 Å². The van der Waals surface area contributed by atoms with Crippen LogP contribution in [0.25, 0.3) is 11.0 Å². The Bertz CT molecular complexity index is 730. The molecule has 0 saturated carbocycles. The molecule has 3 N–H and O–H groups in total. The number of ether oxygens (including phenoxy) is 1. The molecule has 1 fully saturated rings. The Morgan fingerprint density at radius 3 is 2.65 bits per heavy atom.